The summed E-state index contributed by atoms with van der Waals surface area (Å²) in [5.74, 6) is 0. The highest BCUT2D eigenvalue weighted by Crippen LogP contribution is 2.26. The molecule has 0 amide bonds. The van der Waals surface area contributed by atoms with Crippen molar-refractivity contribution in [3.63, 3.8) is 0 Å². The van der Waals surface area contributed by atoms with E-state index in [0.717, 1.165) is 23.6 Å². The number of benzene rings is 2. The van der Waals surface area contributed by atoms with Crippen molar-refractivity contribution in [1.29, 1.82) is 0 Å². The van der Waals surface area contributed by atoms with Gasteiger partial charge in [-0.1, -0.05) is 69.1 Å². The fourth-order valence-corrected chi connectivity index (χ4v) is 2.54. The van der Waals surface area contributed by atoms with Crippen LogP contribution in [0.3, 0.4) is 0 Å². The van der Waals surface area contributed by atoms with Crippen LogP contribution in [0.1, 0.15) is 38.3 Å². The Morgan fingerprint density at radius 2 is 1.67 bits per heavy atom. The molecule has 21 heavy (non-hydrogen) atoms. The second kappa shape index (κ2) is 7.63. The van der Waals surface area contributed by atoms with Crippen LogP contribution < -0.4 is 5.32 Å². The van der Waals surface area contributed by atoms with Crippen molar-refractivity contribution in [2.45, 2.75) is 46.2 Å². The Hall–Kier alpha value is -1.31. The van der Waals surface area contributed by atoms with Crippen LogP contribution in [0, 0.1) is 0 Å². The van der Waals surface area contributed by atoms with E-state index in [1.165, 1.54) is 23.1 Å². The monoisotopic (exact) mass is 301 g/mol. The summed E-state index contributed by atoms with van der Waals surface area (Å²) >= 11 is 6.29. The zero-order valence-corrected chi connectivity index (χ0v) is 13.9. The van der Waals surface area contributed by atoms with E-state index >= 15 is 0 Å². The highest BCUT2D eigenvalue weighted by Gasteiger charge is 2.05. The first-order valence-corrected chi connectivity index (χ1v) is 8.09. The van der Waals surface area contributed by atoms with Gasteiger partial charge in [-0.2, -0.15) is 0 Å². The van der Waals surface area contributed by atoms with Crippen LogP contribution in [0.4, 0.5) is 0 Å². The lowest BCUT2D eigenvalue weighted by atomic mass is 10.0. The molecular formula is C19H24ClN. The van der Waals surface area contributed by atoms with Gasteiger partial charge in [0.2, 0.25) is 0 Å². The lowest BCUT2D eigenvalue weighted by molar-refractivity contribution is 0.589. The van der Waals surface area contributed by atoms with Gasteiger partial charge < -0.3 is 5.32 Å². The first-order chi connectivity index (χ1) is 10.1. The molecule has 0 aliphatic heterocycles. The molecule has 2 aromatic carbocycles. The van der Waals surface area contributed by atoms with E-state index in [9.17, 15) is 0 Å². The standard InChI is InChI=1S/C19H24ClN/c1-4-5-15-6-8-16(9-7-15)17-10-11-19(20)18(12-17)13-21-14(2)3/h6-12,14,21H,4-5,13H2,1-3H3. The fraction of sp³-hybridized carbons (Fsp3) is 0.368. The van der Waals surface area contributed by atoms with Gasteiger partial charge in [0, 0.05) is 17.6 Å². The van der Waals surface area contributed by atoms with Gasteiger partial charge in [-0.3, -0.25) is 0 Å². The number of hydrogen-bond acceptors (Lipinski definition) is 1. The summed E-state index contributed by atoms with van der Waals surface area (Å²) in [4.78, 5) is 0. The van der Waals surface area contributed by atoms with E-state index in [4.69, 9.17) is 11.6 Å². The van der Waals surface area contributed by atoms with E-state index in [1.807, 2.05) is 6.07 Å². The largest absolute Gasteiger partial charge is 0.310 e. The lowest BCUT2D eigenvalue weighted by Crippen LogP contribution is -2.21. The Morgan fingerprint density at radius 1 is 1.00 bits per heavy atom. The van der Waals surface area contributed by atoms with Gasteiger partial charge in [-0.05, 0) is 40.8 Å². The molecule has 0 heterocycles. The van der Waals surface area contributed by atoms with Crippen molar-refractivity contribution in [2.24, 2.45) is 0 Å². The minimum absolute atomic E-state index is 0.457. The average Bonchev–Trinajstić information content (AvgIpc) is 2.47. The van der Waals surface area contributed by atoms with Crippen LogP contribution >= 0.6 is 11.6 Å². The SMILES string of the molecule is CCCc1ccc(-c2ccc(Cl)c(CNC(C)C)c2)cc1. The summed E-state index contributed by atoms with van der Waals surface area (Å²) in [5.41, 5.74) is 5.03. The number of aryl methyl sites for hydroxylation is 1. The van der Waals surface area contributed by atoms with Crippen molar-refractivity contribution >= 4 is 11.6 Å². The summed E-state index contributed by atoms with van der Waals surface area (Å²) in [6.07, 6.45) is 2.33. The van der Waals surface area contributed by atoms with Crippen molar-refractivity contribution in [1.82, 2.24) is 5.32 Å². The number of halogens is 1. The van der Waals surface area contributed by atoms with Crippen LogP contribution in [-0.4, -0.2) is 6.04 Å². The molecule has 0 saturated carbocycles. The van der Waals surface area contributed by atoms with E-state index in [2.05, 4.69) is 62.5 Å². The molecule has 0 unspecified atom stereocenters. The topological polar surface area (TPSA) is 12.0 Å². The molecule has 0 radical (unpaired) electrons. The molecule has 0 atom stereocenters. The van der Waals surface area contributed by atoms with E-state index in [0.29, 0.717) is 6.04 Å². The highest BCUT2D eigenvalue weighted by molar-refractivity contribution is 6.31. The maximum absolute atomic E-state index is 6.29. The summed E-state index contributed by atoms with van der Waals surface area (Å²) in [7, 11) is 0. The second-order valence-electron chi connectivity index (χ2n) is 5.79. The second-order valence-corrected chi connectivity index (χ2v) is 6.20. The molecule has 0 aliphatic rings. The van der Waals surface area contributed by atoms with Crippen LogP contribution in [0.5, 0.6) is 0 Å². The Morgan fingerprint density at radius 3 is 2.29 bits per heavy atom. The van der Waals surface area contributed by atoms with Gasteiger partial charge in [-0.15, -0.1) is 0 Å². The zero-order chi connectivity index (χ0) is 15.2. The summed E-state index contributed by atoms with van der Waals surface area (Å²) in [6, 6.07) is 15.6. The minimum Gasteiger partial charge on any atom is -0.310 e. The molecule has 1 N–H and O–H groups in total. The first kappa shape index (κ1) is 16.1. The van der Waals surface area contributed by atoms with Crippen LogP contribution in [0.25, 0.3) is 11.1 Å². The van der Waals surface area contributed by atoms with Crippen molar-refractivity contribution in [2.75, 3.05) is 0 Å². The lowest BCUT2D eigenvalue weighted by Gasteiger charge is -2.12. The minimum atomic E-state index is 0.457. The molecular weight excluding hydrogens is 278 g/mol. The molecule has 0 spiro atoms. The maximum atomic E-state index is 6.29. The van der Waals surface area contributed by atoms with Crippen LogP contribution in [0.15, 0.2) is 42.5 Å². The fourth-order valence-electron chi connectivity index (χ4n) is 2.36. The molecule has 0 aliphatic carbocycles. The Kier molecular flexibility index (Phi) is 5.84. The van der Waals surface area contributed by atoms with Crippen molar-refractivity contribution < 1.29 is 0 Å². The molecule has 0 saturated heterocycles. The molecule has 2 rings (SSSR count). The van der Waals surface area contributed by atoms with Gasteiger partial charge in [-0.25, -0.2) is 0 Å². The summed E-state index contributed by atoms with van der Waals surface area (Å²) < 4.78 is 0. The van der Waals surface area contributed by atoms with Crippen LogP contribution in [-0.2, 0) is 13.0 Å². The first-order valence-electron chi connectivity index (χ1n) is 7.71. The third-order valence-corrected chi connectivity index (χ3v) is 3.94. The van der Waals surface area contributed by atoms with Crippen LogP contribution in [0.2, 0.25) is 5.02 Å². The van der Waals surface area contributed by atoms with E-state index in [-0.39, 0.29) is 0 Å². The summed E-state index contributed by atoms with van der Waals surface area (Å²) in [5, 5.41) is 4.25. The Bertz CT molecular complexity index is 573. The molecule has 2 heteroatoms. The van der Waals surface area contributed by atoms with Gasteiger partial charge in [0.1, 0.15) is 0 Å². The van der Waals surface area contributed by atoms with Crippen molar-refractivity contribution in [3.8, 4) is 11.1 Å². The molecule has 0 aromatic heterocycles. The molecule has 0 fully saturated rings. The van der Waals surface area contributed by atoms with E-state index < -0.39 is 0 Å². The van der Waals surface area contributed by atoms with Gasteiger partial charge >= 0.3 is 0 Å². The molecule has 112 valence electrons. The third kappa shape index (κ3) is 4.59. The Labute approximate surface area is 133 Å². The molecule has 2 aromatic rings. The van der Waals surface area contributed by atoms with E-state index in [1.54, 1.807) is 0 Å². The predicted octanol–water partition coefficient (Wildman–Crippen LogP) is 5.46. The quantitative estimate of drug-likeness (QED) is 0.747. The number of nitrogens with one attached hydrogen (secondary N) is 1. The maximum Gasteiger partial charge on any atom is 0.0451 e. The molecule has 0 bridgehead atoms. The third-order valence-electron chi connectivity index (χ3n) is 3.57. The van der Waals surface area contributed by atoms with Crippen molar-refractivity contribution in [3.05, 3.63) is 58.6 Å². The average molecular weight is 302 g/mol. The number of hydrogen-bond donors (Lipinski definition) is 1. The smallest absolute Gasteiger partial charge is 0.0451 e. The van der Waals surface area contributed by atoms with Gasteiger partial charge in [0.25, 0.3) is 0 Å². The summed E-state index contributed by atoms with van der Waals surface area (Å²) in [6.45, 7) is 7.30. The zero-order valence-electron chi connectivity index (χ0n) is 13.1. The van der Waals surface area contributed by atoms with Gasteiger partial charge in [0.15, 0.2) is 0 Å². The van der Waals surface area contributed by atoms with Gasteiger partial charge in [0.05, 0.1) is 0 Å². The predicted molar refractivity (Wildman–Crippen MR) is 92.9 cm³/mol. The normalized spacial score (nSPS) is 11.1. The number of rotatable bonds is 6. The Balaban J connectivity index is 2.21. The highest BCUT2D eigenvalue weighted by atomic mass is 35.5. The molecule has 1 nitrogen and oxygen atoms in total.